The van der Waals surface area contributed by atoms with Crippen LogP contribution in [0.5, 0.6) is 5.75 Å². The van der Waals surface area contributed by atoms with Crippen LogP contribution in [0, 0.1) is 13.8 Å². The summed E-state index contributed by atoms with van der Waals surface area (Å²) in [6.07, 6.45) is 1.91. The Kier molecular flexibility index (Phi) is 8.54. The number of nitrogens with zero attached hydrogens (tertiary/aromatic N) is 2. The molecule has 0 unspecified atom stereocenters. The highest BCUT2D eigenvalue weighted by Crippen LogP contribution is 2.31. The van der Waals surface area contributed by atoms with Gasteiger partial charge in [0.15, 0.2) is 5.16 Å². The zero-order chi connectivity index (χ0) is 25.8. The molecule has 1 amide bonds. The number of thioether (sulfide) groups is 1. The van der Waals surface area contributed by atoms with Crippen LogP contribution < -0.4 is 15.6 Å². The maximum Gasteiger partial charge on any atom is 0.267 e. The van der Waals surface area contributed by atoms with E-state index in [9.17, 15) is 9.59 Å². The van der Waals surface area contributed by atoms with Gasteiger partial charge in [-0.2, -0.15) is 0 Å². The summed E-state index contributed by atoms with van der Waals surface area (Å²) in [5.41, 5.74) is 3.36. The Labute approximate surface area is 227 Å². The smallest absolute Gasteiger partial charge is 0.267 e. The molecule has 0 radical (unpaired) electrons. The first-order valence-electron chi connectivity index (χ1n) is 11.8. The fourth-order valence-electron chi connectivity index (χ4n) is 3.90. The van der Waals surface area contributed by atoms with Crippen molar-refractivity contribution in [2.24, 2.45) is 0 Å². The maximum atomic E-state index is 13.8. The molecule has 9 heteroatoms. The number of carbonyl (C=O) groups is 1. The molecule has 36 heavy (non-hydrogen) atoms. The van der Waals surface area contributed by atoms with Gasteiger partial charge in [-0.05, 0) is 90.6 Å². The zero-order valence-corrected chi connectivity index (χ0v) is 23.9. The van der Waals surface area contributed by atoms with Gasteiger partial charge in [0.25, 0.3) is 5.56 Å². The van der Waals surface area contributed by atoms with Gasteiger partial charge in [0.2, 0.25) is 5.91 Å². The number of hydrogen-bond acceptors (Lipinski definition) is 6. The second kappa shape index (κ2) is 11.6. The minimum absolute atomic E-state index is 0.113. The summed E-state index contributed by atoms with van der Waals surface area (Å²) in [5, 5.41) is 4.07. The Morgan fingerprint density at radius 1 is 1.17 bits per heavy atom. The van der Waals surface area contributed by atoms with Crippen LogP contribution in [0.15, 0.2) is 56.9 Å². The van der Waals surface area contributed by atoms with Gasteiger partial charge in [-0.1, -0.05) is 31.2 Å². The lowest BCUT2D eigenvalue weighted by Crippen LogP contribution is -2.23. The predicted molar refractivity (Wildman–Crippen MR) is 153 cm³/mol. The van der Waals surface area contributed by atoms with Crippen molar-refractivity contribution in [3.8, 4) is 11.4 Å². The number of aromatic nitrogens is 2. The quantitative estimate of drug-likeness (QED) is 0.171. The van der Waals surface area contributed by atoms with Crippen molar-refractivity contribution in [2.45, 2.75) is 45.7 Å². The van der Waals surface area contributed by atoms with Crippen LogP contribution in [0.4, 0.5) is 5.69 Å². The molecule has 4 rings (SSSR count). The lowest BCUT2D eigenvalue weighted by Gasteiger charge is -2.13. The Balaban J connectivity index is 1.71. The molecule has 188 valence electrons. The van der Waals surface area contributed by atoms with Gasteiger partial charge in [-0.3, -0.25) is 14.2 Å². The van der Waals surface area contributed by atoms with Crippen molar-refractivity contribution >= 4 is 60.8 Å². The molecule has 0 spiro atoms. The summed E-state index contributed by atoms with van der Waals surface area (Å²) >= 11 is 6.32. The summed E-state index contributed by atoms with van der Waals surface area (Å²) in [7, 11) is 0. The molecule has 2 heterocycles. The molecule has 6 nitrogen and oxygen atoms in total. The Hall–Kier alpha value is -2.62. The van der Waals surface area contributed by atoms with Crippen molar-refractivity contribution < 1.29 is 9.53 Å². The molecular weight excluding hydrogens is 558 g/mol. The van der Waals surface area contributed by atoms with E-state index in [0.717, 1.165) is 34.2 Å². The van der Waals surface area contributed by atoms with Crippen LogP contribution in [0.3, 0.4) is 0 Å². The van der Waals surface area contributed by atoms with E-state index >= 15 is 0 Å². The molecule has 4 aromatic rings. The van der Waals surface area contributed by atoms with Crippen molar-refractivity contribution in [1.29, 1.82) is 0 Å². The molecule has 1 N–H and O–H groups in total. The highest BCUT2D eigenvalue weighted by molar-refractivity contribution is 9.10. The number of hydrogen-bond donors (Lipinski definition) is 1. The first-order valence-corrected chi connectivity index (χ1v) is 14.4. The Morgan fingerprint density at radius 3 is 2.58 bits per heavy atom. The van der Waals surface area contributed by atoms with Crippen LogP contribution in [-0.2, 0) is 11.2 Å². The number of benzene rings is 2. The fourth-order valence-corrected chi connectivity index (χ4v) is 6.62. The van der Waals surface area contributed by atoms with Crippen LogP contribution in [-0.4, -0.2) is 27.8 Å². The average molecular weight is 587 g/mol. The van der Waals surface area contributed by atoms with Crippen LogP contribution in [0.2, 0.25) is 0 Å². The van der Waals surface area contributed by atoms with Gasteiger partial charge in [0.05, 0.1) is 29.1 Å². The van der Waals surface area contributed by atoms with E-state index < -0.39 is 0 Å². The van der Waals surface area contributed by atoms with Gasteiger partial charge < -0.3 is 10.1 Å². The van der Waals surface area contributed by atoms with Crippen molar-refractivity contribution in [3.63, 3.8) is 0 Å². The average Bonchev–Trinajstić information content (AvgIpc) is 3.16. The van der Waals surface area contributed by atoms with E-state index in [0.29, 0.717) is 33.4 Å². The van der Waals surface area contributed by atoms with Crippen LogP contribution in [0.1, 0.15) is 36.3 Å². The number of amides is 1. The largest absolute Gasteiger partial charge is 0.494 e. The number of nitrogens with one attached hydrogen (secondary N) is 1. The monoisotopic (exact) mass is 585 g/mol. The van der Waals surface area contributed by atoms with E-state index in [1.54, 1.807) is 15.9 Å². The summed E-state index contributed by atoms with van der Waals surface area (Å²) < 4.78 is 7.99. The molecule has 0 saturated carbocycles. The molecule has 2 aromatic heterocycles. The van der Waals surface area contributed by atoms with Crippen molar-refractivity contribution in [3.05, 3.63) is 73.3 Å². The second-order valence-corrected chi connectivity index (χ2v) is 11.2. The van der Waals surface area contributed by atoms with Gasteiger partial charge in [-0.15, -0.1) is 11.3 Å². The molecular formula is C27H28BrN3O3S2. The highest BCUT2D eigenvalue weighted by Gasteiger charge is 2.20. The number of carbonyl (C=O) groups excluding carboxylic acids is 1. The first-order chi connectivity index (χ1) is 17.3. The van der Waals surface area contributed by atoms with Gasteiger partial charge in [-0.25, -0.2) is 4.98 Å². The molecule has 0 aliphatic heterocycles. The molecule has 0 aliphatic rings. The molecule has 0 fully saturated rings. The number of fused-ring (bicyclic) bond motifs is 1. The summed E-state index contributed by atoms with van der Waals surface area (Å²) in [6, 6.07) is 13.1. The zero-order valence-electron chi connectivity index (χ0n) is 20.7. The maximum absolute atomic E-state index is 13.8. The lowest BCUT2D eigenvalue weighted by atomic mass is 10.1. The van der Waals surface area contributed by atoms with Crippen molar-refractivity contribution in [2.75, 3.05) is 17.7 Å². The Morgan fingerprint density at radius 2 is 1.92 bits per heavy atom. The standard InChI is InChI=1S/C27H28BrN3O3S2/c1-5-7-22-17(4)24-25(36-22)30-27(31(26(24)33)18-9-11-19(12-10-18)34-6-2)35-15-23(32)29-21-13-8-16(3)14-20(21)28/h8-14H,5-7,15H2,1-4H3,(H,29,32). The van der Waals surface area contributed by atoms with E-state index in [1.807, 2.05) is 63.2 Å². The van der Waals surface area contributed by atoms with Crippen LogP contribution in [0.25, 0.3) is 15.9 Å². The molecule has 0 bridgehead atoms. The van der Waals surface area contributed by atoms with E-state index in [-0.39, 0.29) is 17.2 Å². The second-order valence-electron chi connectivity index (χ2n) is 8.36. The third-order valence-corrected chi connectivity index (χ3v) is 8.49. The highest BCUT2D eigenvalue weighted by atomic mass is 79.9. The van der Waals surface area contributed by atoms with Gasteiger partial charge >= 0.3 is 0 Å². The summed E-state index contributed by atoms with van der Waals surface area (Å²) in [6.45, 7) is 8.61. The van der Waals surface area contributed by atoms with E-state index in [4.69, 9.17) is 9.72 Å². The van der Waals surface area contributed by atoms with Crippen molar-refractivity contribution in [1.82, 2.24) is 9.55 Å². The molecule has 0 aliphatic carbocycles. The van der Waals surface area contributed by atoms with Crippen LogP contribution >= 0.6 is 39.0 Å². The molecule has 2 aromatic carbocycles. The number of rotatable bonds is 9. The number of ether oxygens (including phenoxy) is 1. The number of thiophene rings is 1. The SMILES string of the molecule is CCCc1sc2nc(SCC(=O)Nc3ccc(C)cc3Br)n(-c3ccc(OCC)cc3)c(=O)c2c1C. The third-order valence-electron chi connectivity index (χ3n) is 5.65. The third kappa shape index (κ3) is 5.68. The minimum Gasteiger partial charge on any atom is -0.494 e. The summed E-state index contributed by atoms with van der Waals surface area (Å²) in [4.78, 5) is 33.3. The molecule has 0 saturated heterocycles. The number of halogens is 1. The van der Waals surface area contributed by atoms with Gasteiger partial charge in [0.1, 0.15) is 10.6 Å². The number of anilines is 1. The topological polar surface area (TPSA) is 73.2 Å². The minimum atomic E-state index is -0.175. The van der Waals surface area contributed by atoms with E-state index in [2.05, 4.69) is 28.2 Å². The number of aryl methyl sites for hydroxylation is 3. The Bertz CT molecular complexity index is 1460. The normalized spacial score (nSPS) is 11.1. The predicted octanol–water partition coefficient (Wildman–Crippen LogP) is 6.91. The molecule has 0 atom stereocenters. The lowest BCUT2D eigenvalue weighted by molar-refractivity contribution is -0.113. The fraction of sp³-hybridized carbons (Fsp3) is 0.296. The van der Waals surface area contributed by atoms with Gasteiger partial charge in [0, 0.05) is 9.35 Å². The summed E-state index contributed by atoms with van der Waals surface area (Å²) in [5.74, 6) is 0.672. The first kappa shape index (κ1) is 26.4. The van der Waals surface area contributed by atoms with E-state index in [1.165, 1.54) is 16.6 Å².